The monoisotopic (exact) mass is 427 g/mol. The summed E-state index contributed by atoms with van der Waals surface area (Å²) in [6, 6.07) is 10.0. The first-order chi connectivity index (χ1) is 14.0. The third-order valence-corrected chi connectivity index (χ3v) is 5.20. The average molecular weight is 428 g/mol. The van der Waals surface area contributed by atoms with E-state index in [1.165, 1.54) is 6.07 Å². The lowest BCUT2D eigenvalue weighted by molar-refractivity contribution is -0.479. The Bertz CT molecular complexity index is 1100. The number of carbonyl (C=O) groups is 2. The molecular weight excluding hydrogens is 406 g/mol. The lowest BCUT2D eigenvalue weighted by Gasteiger charge is -2.26. The van der Waals surface area contributed by atoms with Crippen molar-refractivity contribution in [3.8, 4) is 5.75 Å². The highest BCUT2D eigenvalue weighted by molar-refractivity contribution is 6.32. The summed E-state index contributed by atoms with van der Waals surface area (Å²) >= 11 is 6.47. The first kappa shape index (κ1) is 21.7. The lowest BCUT2D eigenvalue weighted by atomic mass is 9.84. The van der Waals surface area contributed by atoms with E-state index in [4.69, 9.17) is 16.3 Å². The maximum Gasteiger partial charge on any atom is 0.229 e. The Morgan fingerprint density at radius 2 is 1.67 bits per heavy atom. The van der Waals surface area contributed by atoms with Gasteiger partial charge in [-0.1, -0.05) is 62.7 Å². The number of carbonyl (C=O) groups excluding carboxylic acids is 2. The fraction of sp³-hybridized carbons (Fsp3) is 0.304. The minimum atomic E-state index is -0.525. The number of hydrogen-bond donors (Lipinski definition) is 0. The van der Waals surface area contributed by atoms with Gasteiger partial charge in [0.2, 0.25) is 12.3 Å². The normalized spacial score (nSPS) is 14.0. The SMILES string of the molecule is Cc1cc(Cl)c(OC2=C(CC[N+](=O)[O-])C(=O)c3ccccc3C2=O)c(C(C)(C)C)c1. The van der Waals surface area contributed by atoms with Crippen LogP contribution in [0.25, 0.3) is 0 Å². The number of nitrogens with zero attached hydrogens (tertiary/aromatic N) is 1. The third kappa shape index (κ3) is 4.14. The number of halogens is 1. The van der Waals surface area contributed by atoms with Crippen molar-refractivity contribution in [3.05, 3.63) is 85.1 Å². The highest BCUT2D eigenvalue weighted by Gasteiger charge is 2.35. The first-order valence-electron chi connectivity index (χ1n) is 9.52. The van der Waals surface area contributed by atoms with E-state index < -0.39 is 23.0 Å². The molecule has 3 rings (SSSR count). The van der Waals surface area contributed by atoms with Gasteiger partial charge in [-0.05, 0) is 24.0 Å². The predicted molar refractivity (Wildman–Crippen MR) is 114 cm³/mol. The van der Waals surface area contributed by atoms with Gasteiger partial charge in [0.15, 0.2) is 11.5 Å². The Balaban J connectivity index is 2.19. The van der Waals surface area contributed by atoms with Crippen LogP contribution >= 0.6 is 11.6 Å². The van der Waals surface area contributed by atoms with Gasteiger partial charge < -0.3 is 4.74 Å². The van der Waals surface area contributed by atoms with Gasteiger partial charge >= 0.3 is 0 Å². The van der Waals surface area contributed by atoms with E-state index in [1.54, 1.807) is 24.3 Å². The molecule has 30 heavy (non-hydrogen) atoms. The fourth-order valence-corrected chi connectivity index (χ4v) is 3.75. The molecule has 0 unspecified atom stereocenters. The second-order valence-corrected chi connectivity index (χ2v) is 8.70. The number of rotatable bonds is 5. The van der Waals surface area contributed by atoms with Crippen molar-refractivity contribution >= 4 is 23.2 Å². The highest BCUT2D eigenvalue weighted by Crippen LogP contribution is 2.40. The molecule has 1 aliphatic carbocycles. The summed E-state index contributed by atoms with van der Waals surface area (Å²) in [6.45, 7) is 7.36. The zero-order valence-electron chi connectivity index (χ0n) is 17.2. The van der Waals surface area contributed by atoms with Gasteiger partial charge in [0.05, 0.1) is 10.6 Å². The average Bonchev–Trinajstić information content (AvgIpc) is 2.65. The maximum absolute atomic E-state index is 13.2. The van der Waals surface area contributed by atoms with E-state index in [0.29, 0.717) is 5.02 Å². The van der Waals surface area contributed by atoms with E-state index in [1.807, 2.05) is 33.8 Å². The molecule has 0 fully saturated rings. The number of fused-ring (bicyclic) bond motifs is 1. The Morgan fingerprint density at radius 3 is 2.23 bits per heavy atom. The van der Waals surface area contributed by atoms with Crippen LogP contribution in [0.4, 0.5) is 0 Å². The standard InChI is InChI=1S/C23H22ClNO5/c1-13-11-17(23(2,3)4)22(18(24)12-13)30-21-16(9-10-25(28)29)19(26)14-7-5-6-8-15(14)20(21)27/h5-8,11-12H,9-10H2,1-4H3. The number of hydrogen-bond acceptors (Lipinski definition) is 5. The number of ether oxygens (including phenoxy) is 1. The Kier molecular flexibility index (Phi) is 5.81. The van der Waals surface area contributed by atoms with Crippen LogP contribution in [-0.4, -0.2) is 23.0 Å². The summed E-state index contributed by atoms with van der Waals surface area (Å²) in [7, 11) is 0. The molecule has 1 aliphatic rings. The molecule has 7 heteroatoms. The molecule has 6 nitrogen and oxygen atoms in total. The molecule has 2 aromatic carbocycles. The number of ketones is 2. The van der Waals surface area contributed by atoms with E-state index in [2.05, 4.69) is 0 Å². The zero-order valence-corrected chi connectivity index (χ0v) is 18.0. The van der Waals surface area contributed by atoms with Crippen molar-refractivity contribution in [1.82, 2.24) is 0 Å². The van der Waals surface area contributed by atoms with Gasteiger partial charge in [0.25, 0.3) is 0 Å². The van der Waals surface area contributed by atoms with Crippen molar-refractivity contribution in [2.24, 2.45) is 0 Å². The zero-order chi connectivity index (χ0) is 22.2. The Labute approximate surface area is 179 Å². The summed E-state index contributed by atoms with van der Waals surface area (Å²) in [5, 5.41) is 11.2. The number of aryl methyl sites for hydroxylation is 1. The molecule has 0 N–H and O–H groups in total. The fourth-order valence-electron chi connectivity index (χ4n) is 3.43. The molecule has 0 aliphatic heterocycles. The van der Waals surface area contributed by atoms with Gasteiger partial charge in [-0.3, -0.25) is 19.7 Å². The molecular formula is C23H22ClNO5. The van der Waals surface area contributed by atoms with Crippen LogP contribution < -0.4 is 4.74 Å². The molecule has 0 aromatic heterocycles. The minimum absolute atomic E-state index is 0.00750. The van der Waals surface area contributed by atoms with E-state index in [0.717, 1.165) is 11.1 Å². The molecule has 2 aromatic rings. The third-order valence-electron chi connectivity index (χ3n) is 4.92. The minimum Gasteiger partial charge on any atom is -0.451 e. The van der Waals surface area contributed by atoms with Crippen molar-refractivity contribution in [2.45, 2.75) is 39.5 Å². The van der Waals surface area contributed by atoms with Gasteiger partial charge in [0, 0.05) is 28.0 Å². The number of allylic oxidation sites excluding steroid dienone is 1. The summed E-state index contributed by atoms with van der Waals surface area (Å²) in [5.74, 6) is -0.844. The quantitative estimate of drug-likeness (QED) is 0.475. The van der Waals surface area contributed by atoms with Gasteiger partial charge in [0.1, 0.15) is 5.75 Å². The molecule has 0 heterocycles. The van der Waals surface area contributed by atoms with Crippen LogP contribution in [0, 0.1) is 17.0 Å². The van der Waals surface area contributed by atoms with Crippen LogP contribution in [0.1, 0.15) is 59.0 Å². The first-order valence-corrected chi connectivity index (χ1v) is 9.90. The number of nitro groups is 1. The molecule has 0 saturated heterocycles. The van der Waals surface area contributed by atoms with Crippen LogP contribution in [0.5, 0.6) is 5.75 Å². The van der Waals surface area contributed by atoms with Gasteiger partial charge in [-0.15, -0.1) is 0 Å². The van der Waals surface area contributed by atoms with Crippen molar-refractivity contribution < 1.29 is 19.2 Å². The molecule has 0 saturated carbocycles. The largest absolute Gasteiger partial charge is 0.451 e. The van der Waals surface area contributed by atoms with Crippen LogP contribution in [0.15, 0.2) is 47.7 Å². The molecule has 0 spiro atoms. The van der Waals surface area contributed by atoms with Crippen molar-refractivity contribution in [2.75, 3.05) is 6.54 Å². The van der Waals surface area contributed by atoms with Crippen LogP contribution in [0.2, 0.25) is 5.02 Å². The predicted octanol–water partition coefficient (Wildman–Crippen LogP) is 5.32. The van der Waals surface area contributed by atoms with Crippen LogP contribution in [0.3, 0.4) is 0 Å². The smallest absolute Gasteiger partial charge is 0.229 e. The molecule has 0 atom stereocenters. The Hall–Kier alpha value is -2.99. The second-order valence-electron chi connectivity index (χ2n) is 8.29. The second kappa shape index (κ2) is 8.03. The molecule has 0 bridgehead atoms. The maximum atomic E-state index is 13.2. The summed E-state index contributed by atoms with van der Waals surface area (Å²) in [4.78, 5) is 36.7. The Morgan fingerprint density at radius 1 is 1.07 bits per heavy atom. The molecule has 0 radical (unpaired) electrons. The molecule has 156 valence electrons. The van der Waals surface area contributed by atoms with E-state index in [-0.39, 0.29) is 40.0 Å². The number of benzene rings is 2. The summed E-state index contributed by atoms with van der Waals surface area (Å²) in [6.07, 6.45) is -0.213. The van der Waals surface area contributed by atoms with Gasteiger partial charge in [-0.2, -0.15) is 0 Å². The van der Waals surface area contributed by atoms with Gasteiger partial charge in [-0.25, -0.2) is 0 Å². The summed E-state index contributed by atoms with van der Waals surface area (Å²) < 4.78 is 6.04. The highest BCUT2D eigenvalue weighted by atomic mass is 35.5. The van der Waals surface area contributed by atoms with E-state index in [9.17, 15) is 19.7 Å². The molecule has 0 amide bonds. The topological polar surface area (TPSA) is 86.5 Å². The number of Topliss-reactive ketones (excluding diaryl/α,β-unsaturated/α-hetero) is 2. The van der Waals surface area contributed by atoms with E-state index >= 15 is 0 Å². The van der Waals surface area contributed by atoms with Crippen molar-refractivity contribution in [3.63, 3.8) is 0 Å². The van der Waals surface area contributed by atoms with Crippen LogP contribution in [-0.2, 0) is 5.41 Å². The van der Waals surface area contributed by atoms with Crippen molar-refractivity contribution in [1.29, 1.82) is 0 Å². The lowest BCUT2D eigenvalue weighted by Crippen LogP contribution is -2.27. The summed E-state index contributed by atoms with van der Waals surface area (Å²) in [5.41, 5.74) is 1.77.